The van der Waals surface area contributed by atoms with Gasteiger partial charge in [0.25, 0.3) is 0 Å². The Labute approximate surface area is 121 Å². The molecule has 0 N–H and O–H groups in total. The van der Waals surface area contributed by atoms with Gasteiger partial charge in [0.15, 0.2) is 5.78 Å². The highest BCUT2D eigenvalue weighted by molar-refractivity contribution is 5.85. The number of carbonyl (C=O) groups is 1. The van der Waals surface area contributed by atoms with Crippen molar-refractivity contribution in [1.82, 2.24) is 9.78 Å². The first-order valence-electron chi connectivity index (χ1n) is 7.74. The lowest BCUT2D eigenvalue weighted by molar-refractivity contribution is -0.132. The van der Waals surface area contributed by atoms with Gasteiger partial charge >= 0.3 is 0 Å². The summed E-state index contributed by atoms with van der Waals surface area (Å²) >= 11 is 0. The van der Waals surface area contributed by atoms with Crippen molar-refractivity contribution >= 4 is 5.78 Å². The van der Waals surface area contributed by atoms with Crippen molar-refractivity contribution in [2.45, 2.75) is 65.0 Å². The second-order valence-electron chi connectivity index (χ2n) is 5.79. The Morgan fingerprint density at radius 1 is 1.45 bits per heavy atom. The molecule has 0 saturated heterocycles. The fraction of sp³-hybridized carbons (Fsp3) is 0.750. The number of ketones is 1. The van der Waals surface area contributed by atoms with Gasteiger partial charge in [0.2, 0.25) is 0 Å². The molecule has 112 valence electrons. The van der Waals surface area contributed by atoms with Crippen molar-refractivity contribution in [3.8, 4) is 0 Å². The number of aromatic nitrogens is 2. The summed E-state index contributed by atoms with van der Waals surface area (Å²) in [6.07, 6.45) is 6.18. The first-order valence-corrected chi connectivity index (χ1v) is 7.74. The largest absolute Gasteiger partial charge is 0.373 e. The normalized spacial score (nSPS) is 18.1. The number of ether oxygens (including phenoxy) is 1. The van der Waals surface area contributed by atoms with E-state index in [1.54, 1.807) is 7.11 Å². The lowest BCUT2D eigenvalue weighted by Crippen LogP contribution is -2.34. The smallest absolute Gasteiger partial charge is 0.167 e. The number of rotatable bonds is 6. The summed E-state index contributed by atoms with van der Waals surface area (Å²) in [5.41, 5.74) is 1.98. The van der Waals surface area contributed by atoms with Crippen molar-refractivity contribution in [1.29, 1.82) is 0 Å². The van der Waals surface area contributed by atoms with Crippen molar-refractivity contribution in [3.05, 3.63) is 17.5 Å². The maximum atomic E-state index is 12.6. The lowest BCUT2D eigenvalue weighted by atomic mass is 9.83. The molecule has 1 aromatic heterocycles. The average Bonchev–Trinajstić information content (AvgIpc) is 2.80. The van der Waals surface area contributed by atoms with Gasteiger partial charge in [-0.25, -0.2) is 0 Å². The van der Waals surface area contributed by atoms with E-state index in [-0.39, 0.29) is 11.9 Å². The molecule has 0 spiro atoms. The van der Waals surface area contributed by atoms with Gasteiger partial charge in [-0.1, -0.05) is 19.3 Å². The molecule has 0 amide bonds. The van der Waals surface area contributed by atoms with E-state index >= 15 is 0 Å². The molecule has 1 aromatic rings. The minimum Gasteiger partial charge on any atom is -0.373 e. The molecule has 1 saturated carbocycles. The van der Waals surface area contributed by atoms with Gasteiger partial charge in [0, 0.05) is 19.3 Å². The monoisotopic (exact) mass is 278 g/mol. The minimum absolute atomic E-state index is 0.203. The summed E-state index contributed by atoms with van der Waals surface area (Å²) in [6.45, 7) is 4.82. The number of hydrogen-bond donors (Lipinski definition) is 0. The molecule has 1 unspecified atom stereocenters. The lowest BCUT2D eigenvalue weighted by Gasteiger charge is -2.28. The zero-order valence-corrected chi connectivity index (χ0v) is 12.9. The fourth-order valence-electron chi connectivity index (χ4n) is 3.32. The molecule has 1 aliphatic rings. The van der Waals surface area contributed by atoms with Crippen LogP contribution >= 0.6 is 0 Å². The van der Waals surface area contributed by atoms with Gasteiger partial charge < -0.3 is 4.74 Å². The summed E-state index contributed by atoms with van der Waals surface area (Å²) in [5.74, 6) is 0.606. The summed E-state index contributed by atoms with van der Waals surface area (Å²) in [7, 11) is 1.67. The number of nitrogens with zero attached hydrogens (tertiary/aromatic N) is 2. The van der Waals surface area contributed by atoms with E-state index in [9.17, 15) is 4.79 Å². The second kappa shape index (κ2) is 7.02. The number of methoxy groups -OCH3 is 1. The second-order valence-corrected chi connectivity index (χ2v) is 5.79. The number of carbonyl (C=O) groups excluding carboxylic acids is 1. The van der Waals surface area contributed by atoms with Gasteiger partial charge in [0.1, 0.15) is 6.10 Å². The molecule has 4 heteroatoms. The summed E-state index contributed by atoms with van der Waals surface area (Å²) in [4.78, 5) is 12.6. The minimum atomic E-state index is -0.240. The van der Waals surface area contributed by atoms with Crippen LogP contribution in [0.3, 0.4) is 0 Å². The first-order chi connectivity index (χ1) is 9.65. The van der Waals surface area contributed by atoms with Crippen LogP contribution in [0.2, 0.25) is 0 Å². The molecule has 0 aliphatic heterocycles. The fourth-order valence-corrected chi connectivity index (χ4v) is 3.32. The zero-order chi connectivity index (χ0) is 14.5. The van der Waals surface area contributed by atoms with Crippen molar-refractivity contribution < 1.29 is 9.53 Å². The number of Topliss-reactive ketones (excluding diaryl/α,β-unsaturated/α-hetero) is 1. The molecule has 0 radical (unpaired) electrons. The Balaban J connectivity index is 2.04. The van der Waals surface area contributed by atoms with Gasteiger partial charge in [-0.3, -0.25) is 9.48 Å². The number of hydrogen-bond acceptors (Lipinski definition) is 3. The molecule has 1 aliphatic carbocycles. The Morgan fingerprint density at radius 2 is 2.15 bits per heavy atom. The molecule has 1 atom stereocenters. The summed E-state index contributed by atoms with van der Waals surface area (Å²) in [6, 6.07) is 2.01. The van der Waals surface area contributed by atoms with Crippen LogP contribution in [-0.4, -0.2) is 28.8 Å². The van der Waals surface area contributed by atoms with E-state index in [4.69, 9.17) is 4.74 Å². The molecular formula is C16H26N2O2. The third kappa shape index (κ3) is 3.48. The van der Waals surface area contributed by atoms with E-state index < -0.39 is 0 Å². The van der Waals surface area contributed by atoms with Crippen LogP contribution in [-0.2, 0) is 22.5 Å². The highest BCUT2D eigenvalue weighted by Gasteiger charge is 2.29. The average molecular weight is 278 g/mol. The molecule has 0 aromatic carbocycles. The Morgan fingerprint density at radius 3 is 2.75 bits per heavy atom. The quantitative estimate of drug-likeness (QED) is 0.803. The molecule has 2 rings (SSSR count). The van der Waals surface area contributed by atoms with E-state index in [1.165, 1.54) is 19.3 Å². The first kappa shape index (κ1) is 15.2. The Hall–Kier alpha value is -1.16. The van der Waals surface area contributed by atoms with Crippen LogP contribution in [0.5, 0.6) is 0 Å². The Kier molecular flexibility index (Phi) is 5.35. The van der Waals surface area contributed by atoms with Gasteiger partial charge in [-0.2, -0.15) is 5.10 Å². The molecule has 1 fully saturated rings. The van der Waals surface area contributed by atoms with E-state index in [1.807, 2.05) is 17.7 Å². The molecule has 4 nitrogen and oxygen atoms in total. The highest BCUT2D eigenvalue weighted by Crippen LogP contribution is 2.28. The predicted molar refractivity (Wildman–Crippen MR) is 78.7 cm³/mol. The summed E-state index contributed by atoms with van der Waals surface area (Å²) in [5, 5.41) is 4.40. The topological polar surface area (TPSA) is 44.1 Å². The van der Waals surface area contributed by atoms with Crippen LogP contribution in [0.1, 0.15) is 50.4 Å². The van der Waals surface area contributed by atoms with E-state index in [0.29, 0.717) is 12.3 Å². The molecule has 1 heterocycles. The van der Waals surface area contributed by atoms with Crippen LogP contribution < -0.4 is 0 Å². The predicted octanol–water partition coefficient (Wildman–Crippen LogP) is 2.92. The van der Waals surface area contributed by atoms with Crippen LogP contribution in [0.25, 0.3) is 0 Å². The molecule has 20 heavy (non-hydrogen) atoms. The maximum Gasteiger partial charge on any atom is 0.167 e. The van der Waals surface area contributed by atoms with Crippen LogP contribution in [0, 0.1) is 12.8 Å². The van der Waals surface area contributed by atoms with Crippen molar-refractivity contribution in [2.24, 2.45) is 5.92 Å². The Bertz CT molecular complexity index is 447. The zero-order valence-electron chi connectivity index (χ0n) is 12.9. The molecular weight excluding hydrogens is 252 g/mol. The van der Waals surface area contributed by atoms with Crippen molar-refractivity contribution in [2.75, 3.05) is 7.11 Å². The van der Waals surface area contributed by atoms with Crippen LogP contribution in [0.4, 0.5) is 0 Å². The van der Waals surface area contributed by atoms with Gasteiger partial charge in [0.05, 0.1) is 12.1 Å². The number of aryl methyl sites for hydroxylation is 2. The van der Waals surface area contributed by atoms with E-state index in [2.05, 4.69) is 12.0 Å². The third-order valence-electron chi connectivity index (χ3n) is 4.29. The molecule has 0 bridgehead atoms. The van der Waals surface area contributed by atoms with E-state index in [0.717, 1.165) is 30.8 Å². The van der Waals surface area contributed by atoms with Gasteiger partial charge in [-0.15, -0.1) is 0 Å². The van der Waals surface area contributed by atoms with Gasteiger partial charge in [-0.05, 0) is 38.7 Å². The SMILES string of the molecule is CCn1nc(C)cc1CC(=O)C(OC)C1CCCCC1. The standard InChI is InChI=1S/C16H26N2O2/c1-4-18-14(10-12(2)17-18)11-15(19)16(20-3)13-8-6-5-7-9-13/h10,13,16H,4-9,11H2,1-3H3. The maximum absolute atomic E-state index is 12.6. The van der Waals surface area contributed by atoms with Crippen molar-refractivity contribution in [3.63, 3.8) is 0 Å². The van der Waals surface area contributed by atoms with Crippen LogP contribution in [0.15, 0.2) is 6.07 Å². The summed E-state index contributed by atoms with van der Waals surface area (Å²) < 4.78 is 7.44. The highest BCUT2D eigenvalue weighted by atomic mass is 16.5. The third-order valence-corrected chi connectivity index (χ3v) is 4.29.